The molecule has 8 nitrogen and oxygen atoms in total. The molecule has 98 valence electrons. The Kier molecular flexibility index (Phi) is 54.9. The standard InChI is InChI=1S/2Co.2Li.2Mn.Ni.4H2O.4O.2H/h;;;;;;;4*1H2;;;;;;/q;;;;2*+2;;;;;;;;;;;/p-4. The Morgan fingerprint density at radius 2 is 0.600 bits per heavy atom. The second kappa shape index (κ2) is 19.1. The van der Waals surface area contributed by atoms with Gasteiger partial charge in [0.15, 0.2) is 0 Å². The van der Waals surface area contributed by atoms with E-state index in [0.29, 0.717) is 0 Å². The van der Waals surface area contributed by atoms with Gasteiger partial charge in [0, 0.05) is 50.0 Å². The van der Waals surface area contributed by atoms with Crippen LogP contribution in [0.15, 0.2) is 0 Å². The molecule has 0 aromatic carbocycles. The average molecular weight is 434 g/mol. The van der Waals surface area contributed by atoms with Crippen molar-refractivity contribution in [3.05, 3.63) is 0 Å². The molecule has 0 aromatic heterocycles. The van der Waals surface area contributed by atoms with Crippen molar-refractivity contribution >= 4 is 37.7 Å². The van der Waals surface area contributed by atoms with Crippen LogP contribution in [0.1, 0.15) is 0 Å². The van der Waals surface area contributed by atoms with Gasteiger partial charge in [-0.15, -0.1) is 0 Å². The third-order valence-corrected chi connectivity index (χ3v) is 0. The zero-order valence-corrected chi connectivity index (χ0v) is 10.6. The first-order chi connectivity index (χ1) is 4.00. The van der Waals surface area contributed by atoms with Gasteiger partial charge in [0.1, 0.15) is 0 Å². The predicted molar refractivity (Wildman–Crippen MR) is 25.9 cm³/mol. The van der Waals surface area contributed by atoms with Crippen LogP contribution in [-0.2, 0) is 92.1 Å². The van der Waals surface area contributed by atoms with Crippen molar-refractivity contribution < 1.29 is 109 Å². The Labute approximate surface area is 145 Å². The van der Waals surface area contributed by atoms with Gasteiger partial charge in [0.05, 0.1) is 0 Å². The first kappa shape index (κ1) is 43.1. The molecule has 0 saturated carbocycles. The molecule has 0 rings (SSSR count). The molecule has 2 radical (unpaired) electrons. The summed E-state index contributed by atoms with van der Waals surface area (Å²) in [6, 6.07) is 0. The van der Waals surface area contributed by atoms with E-state index >= 15 is 0 Å². The Morgan fingerprint density at radius 1 is 0.600 bits per heavy atom. The average Bonchev–Trinajstić information content (AvgIpc) is 1.12. The van der Waals surface area contributed by atoms with E-state index < -0.39 is 26.7 Å². The number of rotatable bonds is 0. The van der Waals surface area contributed by atoms with E-state index in [1.807, 2.05) is 0 Å². The van der Waals surface area contributed by atoms with Crippen molar-refractivity contribution in [2.45, 2.75) is 0 Å². The van der Waals surface area contributed by atoms with Crippen LogP contribution < -0.4 is 0 Å². The molecule has 15 heteroatoms. The first-order valence-electron chi connectivity index (χ1n) is 1.29. The second-order valence-corrected chi connectivity index (χ2v) is 3.42. The minimum absolute atomic E-state index is 0. The fourth-order valence-electron chi connectivity index (χ4n) is 0. The first-order valence-corrected chi connectivity index (χ1v) is 5.33. The van der Waals surface area contributed by atoms with Crippen LogP contribution >= 0.6 is 0 Å². The molecule has 0 bridgehead atoms. The van der Waals surface area contributed by atoms with Crippen LogP contribution in [0.2, 0.25) is 0 Å². The van der Waals surface area contributed by atoms with E-state index in [0.717, 1.165) is 0 Å². The zero-order valence-electron chi connectivity index (χ0n) is 5.16. The van der Waals surface area contributed by atoms with Crippen molar-refractivity contribution in [2.24, 2.45) is 0 Å². The van der Waals surface area contributed by atoms with E-state index in [1.165, 1.54) is 0 Å². The molecule has 4 N–H and O–H groups in total. The Morgan fingerprint density at radius 3 is 0.600 bits per heavy atom. The van der Waals surface area contributed by atoms with E-state index in [2.05, 4.69) is 0 Å². The number of hydrogen-bond donors (Lipinski definition) is 4. The summed E-state index contributed by atoms with van der Waals surface area (Å²) in [7, 11) is 0. The quantitative estimate of drug-likeness (QED) is 0.282. The van der Waals surface area contributed by atoms with Gasteiger partial charge < -0.3 is 0 Å². The summed E-state index contributed by atoms with van der Waals surface area (Å²) in [6.07, 6.45) is 0. The molecule has 15 heavy (non-hydrogen) atoms. The number of hydrogen-bond acceptors (Lipinski definition) is 4. The summed E-state index contributed by atoms with van der Waals surface area (Å²) in [5.41, 5.74) is 0. The molecule has 0 aliphatic heterocycles. The Balaban J connectivity index is -0.0000000128. The van der Waals surface area contributed by atoms with Crippen molar-refractivity contribution in [3.8, 4) is 0 Å². The fourth-order valence-corrected chi connectivity index (χ4v) is 0. The van der Waals surface area contributed by atoms with Gasteiger partial charge in [0.25, 0.3) is 0 Å². The van der Waals surface area contributed by atoms with Crippen LogP contribution in [0.3, 0.4) is 0 Å². The Bertz CT molecular complexity index is 225. The topological polar surface area (TPSA) is 149 Å². The third-order valence-electron chi connectivity index (χ3n) is 0. The van der Waals surface area contributed by atoms with Crippen molar-refractivity contribution in [3.63, 3.8) is 0 Å². The van der Waals surface area contributed by atoms with E-state index in [-0.39, 0.29) is 87.8 Å². The van der Waals surface area contributed by atoms with Gasteiger partial charge in [-0.05, 0) is 0 Å². The SMILES string of the molecule is [Co].[Co].[LiH].[LiH].[Ni].[O]=[Mn](=[O])([OH])[OH].[O]=[Mn](=[O])([OH])[OH]. The zero-order chi connectivity index (χ0) is 9.00. The van der Waals surface area contributed by atoms with Gasteiger partial charge >= 0.3 is 96.6 Å². The molecule has 0 aliphatic carbocycles. The summed E-state index contributed by atoms with van der Waals surface area (Å²) >= 11 is -10.2. The van der Waals surface area contributed by atoms with Crippen LogP contribution in [0, 0.1) is 0 Å². The third kappa shape index (κ3) is 474. The van der Waals surface area contributed by atoms with Crippen LogP contribution in [0.4, 0.5) is 0 Å². The van der Waals surface area contributed by atoms with Gasteiger partial charge in [-0.2, -0.15) is 0 Å². The summed E-state index contributed by atoms with van der Waals surface area (Å²) < 4.78 is 63.6. The normalized spacial score (nSPS) is 7.73. The second-order valence-electron chi connectivity index (χ2n) is 0.829. The molecule has 0 heterocycles. The van der Waals surface area contributed by atoms with Crippen molar-refractivity contribution in [2.75, 3.05) is 0 Å². The van der Waals surface area contributed by atoms with Crippen molar-refractivity contribution in [1.82, 2.24) is 0 Å². The molecule has 0 fully saturated rings. The van der Waals surface area contributed by atoms with Gasteiger partial charge in [-0.3, -0.25) is 0 Å². The molecule has 0 unspecified atom stereocenters. The minimum atomic E-state index is -5.12. The molecule has 0 saturated heterocycles. The molecule has 0 atom stereocenters. The van der Waals surface area contributed by atoms with Gasteiger partial charge in [-0.25, -0.2) is 0 Å². The van der Waals surface area contributed by atoms with Crippen LogP contribution in [-0.4, -0.2) is 54.5 Å². The molecule has 0 aliphatic rings. The van der Waals surface area contributed by atoms with Crippen LogP contribution in [0.5, 0.6) is 0 Å². The van der Waals surface area contributed by atoms with Gasteiger partial charge in [0.2, 0.25) is 0 Å². The predicted octanol–water partition coefficient (Wildman–Crippen LogP) is -4.01. The summed E-state index contributed by atoms with van der Waals surface area (Å²) in [4.78, 5) is 0. The maximum atomic E-state index is 8.80. The Hall–Kier alpha value is 2.78. The summed E-state index contributed by atoms with van der Waals surface area (Å²) in [5, 5.41) is 0. The van der Waals surface area contributed by atoms with E-state index in [9.17, 15) is 0 Å². The van der Waals surface area contributed by atoms with Crippen LogP contribution in [0.25, 0.3) is 0 Å². The summed E-state index contributed by atoms with van der Waals surface area (Å²) in [5.74, 6) is 0. The summed E-state index contributed by atoms with van der Waals surface area (Å²) in [6.45, 7) is 0. The maximum absolute atomic E-state index is 8.80. The monoisotopic (exact) mass is 434 g/mol. The van der Waals surface area contributed by atoms with E-state index in [1.54, 1.807) is 0 Å². The molecular formula is H6Co2Li2Mn2NiO8. The fraction of sp³-hybridized carbons (Fsp3) is 0. The molecule has 0 aromatic rings. The van der Waals surface area contributed by atoms with Gasteiger partial charge in [-0.1, -0.05) is 0 Å². The molecule has 0 spiro atoms. The molecular weight excluding hydrogens is 428 g/mol. The van der Waals surface area contributed by atoms with Crippen molar-refractivity contribution in [1.29, 1.82) is 0 Å². The van der Waals surface area contributed by atoms with E-state index in [4.69, 9.17) is 32.1 Å². The molecule has 0 amide bonds.